The Morgan fingerprint density at radius 1 is 1.04 bits per heavy atom. The predicted octanol–water partition coefficient (Wildman–Crippen LogP) is 3.33. The smallest absolute Gasteiger partial charge is 0.225 e. The first-order valence-electron chi connectivity index (χ1n) is 7.47. The molecule has 6 heteroatoms. The number of carbonyl (C=O) groups is 1. The van der Waals surface area contributed by atoms with Crippen LogP contribution < -0.4 is 19.5 Å². The first-order chi connectivity index (χ1) is 11.6. The summed E-state index contributed by atoms with van der Waals surface area (Å²) in [5.74, 6) is 0.727. The number of nitrogens with one attached hydrogen (secondary N) is 1. The van der Waals surface area contributed by atoms with Crippen LogP contribution in [0.5, 0.6) is 17.2 Å². The molecule has 24 heavy (non-hydrogen) atoms. The van der Waals surface area contributed by atoms with Crippen molar-refractivity contribution in [2.24, 2.45) is 0 Å². The molecular weight excluding hydrogens is 313 g/mol. The summed E-state index contributed by atoms with van der Waals surface area (Å²) in [6.07, 6.45) is 0.241. The van der Waals surface area contributed by atoms with E-state index in [2.05, 4.69) is 5.32 Å². The lowest BCUT2D eigenvalue weighted by molar-refractivity contribution is -0.116. The molecule has 0 aliphatic carbocycles. The van der Waals surface area contributed by atoms with Gasteiger partial charge < -0.3 is 19.5 Å². The molecule has 126 valence electrons. The van der Waals surface area contributed by atoms with Crippen LogP contribution in [0, 0.1) is 5.82 Å². The van der Waals surface area contributed by atoms with Crippen molar-refractivity contribution in [3.8, 4) is 17.2 Å². The molecular formula is C18H18FNO4. The SMILES string of the molecule is COc1cc2c(c(OC)c1OC)[C@H](c1ccc(F)cc1)CC(=O)N2. The molecule has 3 rings (SSSR count). The van der Waals surface area contributed by atoms with Crippen LogP contribution in [0.4, 0.5) is 10.1 Å². The molecule has 2 aromatic carbocycles. The van der Waals surface area contributed by atoms with Gasteiger partial charge in [0.25, 0.3) is 0 Å². The molecule has 0 radical (unpaired) electrons. The summed E-state index contributed by atoms with van der Waals surface area (Å²) in [4.78, 5) is 12.1. The quantitative estimate of drug-likeness (QED) is 0.934. The zero-order valence-corrected chi connectivity index (χ0v) is 13.7. The number of methoxy groups -OCH3 is 3. The lowest BCUT2D eigenvalue weighted by atomic mass is 9.84. The number of hydrogen-bond acceptors (Lipinski definition) is 4. The summed E-state index contributed by atoms with van der Waals surface area (Å²) in [5, 5.41) is 2.84. The highest BCUT2D eigenvalue weighted by Gasteiger charge is 2.33. The van der Waals surface area contributed by atoms with Crippen molar-refractivity contribution in [3.05, 3.63) is 47.3 Å². The van der Waals surface area contributed by atoms with Crippen LogP contribution in [0.1, 0.15) is 23.5 Å². The highest BCUT2D eigenvalue weighted by Crippen LogP contribution is 2.51. The number of benzene rings is 2. The Balaban J connectivity index is 2.23. The van der Waals surface area contributed by atoms with E-state index in [4.69, 9.17) is 14.2 Å². The molecule has 1 atom stereocenters. The lowest BCUT2D eigenvalue weighted by Crippen LogP contribution is -2.24. The van der Waals surface area contributed by atoms with Gasteiger partial charge in [-0.25, -0.2) is 4.39 Å². The second kappa shape index (κ2) is 6.39. The topological polar surface area (TPSA) is 56.8 Å². The van der Waals surface area contributed by atoms with Gasteiger partial charge in [-0.15, -0.1) is 0 Å². The van der Waals surface area contributed by atoms with Crippen molar-refractivity contribution in [3.63, 3.8) is 0 Å². The highest BCUT2D eigenvalue weighted by molar-refractivity contribution is 5.97. The molecule has 0 unspecified atom stereocenters. The second-order valence-electron chi connectivity index (χ2n) is 5.46. The number of hydrogen-bond donors (Lipinski definition) is 1. The number of amides is 1. The minimum Gasteiger partial charge on any atom is -0.493 e. The first kappa shape index (κ1) is 16.1. The molecule has 0 aromatic heterocycles. The molecule has 0 spiro atoms. The van der Waals surface area contributed by atoms with Crippen molar-refractivity contribution in [2.75, 3.05) is 26.6 Å². The number of anilines is 1. The summed E-state index contributed by atoms with van der Waals surface area (Å²) in [7, 11) is 4.59. The molecule has 1 N–H and O–H groups in total. The Hall–Kier alpha value is -2.76. The maximum absolute atomic E-state index is 13.2. The minimum atomic E-state index is -0.321. The van der Waals surface area contributed by atoms with Crippen molar-refractivity contribution < 1.29 is 23.4 Å². The van der Waals surface area contributed by atoms with E-state index >= 15 is 0 Å². The Morgan fingerprint density at radius 2 is 1.71 bits per heavy atom. The van der Waals surface area contributed by atoms with E-state index in [9.17, 15) is 9.18 Å². The Labute approximate surface area is 139 Å². The zero-order valence-electron chi connectivity index (χ0n) is 13.7. The van der Waals surface area contributed by atoms with E-state index in [0.717, 1.165) is 11.1 Å². The van der Waals surface area contributed by atoms with Gasteiger partial charge in [0.1, 0.15) is 5.82 Å². The monoisotopic (exact) mass is 331 g/mol. The van der Waals surface area contributed by atoms with Crippen LogP contribution in [-0.4, -0.2) is 27.2 Å². The molecule has 2 aromatic rings. The van der Waals surface area contributed by atoms with Gasteiger partial charge in [0, 0.05) is 24.0 Å². The van der Waals surface area contributed by atoms with E-state index in [1.807, 2.05) is 0 Å². The van der Waals surface area contributed by atoms with E-state index in [1.54, 1.807) is 18.2 Å². The van der Waals surface area contributed by atoms with Gasteiger partial charge in [-0.1, -0.05) is 12.1 Å². The number of ether oxygens (including phenoxy) is 3. The normalized spacial score (nSPS) is 16.2. The molecule has 1 aliphatic heterocycles. The number of rotatable bonds is 4. The van der Waals surface area contributed by atoms with Crippen LogP contribution >= 0.6 is 0 Å². The Bertz CT molecular complexity index is 774. The van der Waals surface area contributed by atoms with Gasteiger partial charge in [-0.3, -0.25) is 4.79 Å². The number of halogens is 1. The molecule has 0 fully saturated rings. The van der Waals surface area contributed by atoms with Crippen molar-refractivity contribution in [2.45, 2.75) is 12.3 Å². The molecule has 0 bridgehead atoms. The van der Waals surface area contributed by atoms with E-state index in [0.29, 0.717) is 22.9 Å². The maximum atomic E-state index is 13.2. The highest BCUT2D eigenvalue weighted by atomic mass is 19.1. The number of carbonyl (C=O) groups excluding carboxylic acids is 1. The zero-order chi connectivity index (χ0) is 17.3. The third-order valence-electron chi connectivity index (χ3n) is 4.15. The summed E-state index contributed by atoms with van der Waals surface area (Å²) in [6.45, 7) is 0. The molecule has 1 heterocycles. The first-order valence-corrected chi connectivity index (χ1v) is 7.47. The van der Waals surface area contributed by atoms with Crippen molar-refractivity contribution >= 4 is 11.6 Å². The summed E-state index contributed by atoms with van der Waals surface area (Å²) >= 11 is 0. The maximum Gasteiger partial charge on any atom is 0.225 e. The summed E-state index contributed by atoms with van der Waals surface area (Å²) in [5.41, 5.74) is 2.23. The van der Waals surface area contributed by atoms with Gasteiger partial charge in [0.2, 0.25) is 11.7 Å². The molecule has 5 nitrogen and oxygen atoms in total. The van der Waals surface area contributed by atoms with Crippen LogP contribution in [0.15, 0.2) is 30.3 Å². The largest absolute Gasteiger partial charge is 0.493 e. The average molecular weight is 331 g/mol. The van der Waals surface area contributed by atoms with Crippen LogP contribution in [0.2, 0.25) is 0 Å². The fraction of sp³-hybridized carbons (Fsp3) is 0.278. The number of fused-ring (bicyclic) bond motifs is 1. The van der Waals surface area contributed by atoms with E-state index in [1.165, 1.54) is 33.5 Å². The molecule has 0 saturated carbocycles. The fourth-order valence-corrected chi connectivity index (χ4v) is 3.10. The van der Waals surface area contributed by atoms with Crippen LogP contribution in [0.3, 0.4) is 0 Å². The van der Waals surface area contributed by atoms with E-state index < -0.39 is 0 Å². The van der Waals surface area contributed by atoms with Gasteiger partial charge >= 0.3 is 0 Å². The second-order valence-corrected chi connectivity index (χ2v) is 5.46. The average Bonchev–Trinajstić information content (AvgIpc) is 2.59. The van der Waals surface area contributed by atoms with Gasteiger partial charge in [-0.2, -0.15) is 0 Å². The Morgan fingerprint density at radius 3 is 2.29 bits per heavy atom. The van der Waals surface area contributed by atoms with E-state index in [-0.39, 0.29) is 24.1 Å². The van der Waals surface area contributed by atoms with Crippen molar-refractivity contribution in [1.29, 1.82) is 0 Å². The van der Waals surface area contributed by atoms with Gasteiger partial charge in [0.05, 0.1) is 27.0 Å². The third-order valence-corrected chi connectivity index (χ3v) is 4.15. The molecule has 0 saturated heterocycles. The lowest BCUT2D eigenvalue weighted by Gasteiger charge is -2.29. The predicted molar refractivity (Wildman–Crippen MR) is 87.6 cm³/mol. The van der Waals surface area contributed by atoms with Gasteiger partial charge in [-0.05, 0) is 17.7 Å². The van der Waals surface area contributed by atoms with Crippen LogP contribution in [0.25, 0.3) is 0 Å². The minimum absolute atomic E-state index is 0.119. The Kier molecular flexibility index (Phi) is 4.29. The summed E-state index contributed by atoms with van der Waals surface area (Å²) < 4.78 is 29.6. The molecule has 1 aliphatic rings. The van der Waals surface area contributed by atoms with Crippen LogP contribution in [-0.2, 0) is 4.79 Å². The standard InChI is InChI=1S/C18H18FNO4/c1-22-14-9-13-16(18(24-3)17(14)23-2)12(8-15(21)20-13)10-4-6-11(19)7-5-10/h4-7,9,12H,8H2,1-3H3,(H,20,21)/t12-/m0/s1. The van der Waals surface area contributed by atoms with Gasteiger partial charge in [0.15, 0.2) is 11.5 Å². The summed E-state index contributed by atoms with van der Waals surface area (Å²) in [6, 6.07) is 7.84. The third kappa shape index (κ3) is 2.64. The fourth-order valence-electron chi connectivity index (χ4n) is 3.10. The van der Waals surface area contributed by atoms with Crippen molar-refractivity contribution in [1.82, 2.24) is 0 Å². The molecule has 1 amide bonds.